The number of rotatable bonds is 3. The van der Waals surface area contributed by atoms with Crippen LogP contribution in [0.1, 0.15) is 18.9 Å². The number of ether oxygens (including phenoxy) is 1. The van der Waals surface area contributed by atoms with Gasteiger partial charge in [0.1, 0.15) is 5.75 Å². The van der Waals surface area contributed by atoms with Crippen LogP contribution in [0.4, 0.5) is 13.2 Å². The lowest BCUT2D eigenvalue weighted by Gasteiger charge is -2.22. The molecule has 0 radical (unpaired) electrons. The lowest BCUT2D eigenvalue weighted by atomic mass is 10.1. The molecule has 0 aliphatic carbocycles. The third-order valence-electron chi connectivity index (χ3n) is 3.68. The van der Waals surface area contributed by atoms with Gasteiger partial charge in [0.2, 0.25) is 0 Å². The molecule has 4 nitrogen and oxygen atoms in total. The molecule has 22 heavy (non-hydrogen) atoms. The van der Waals surface area contributed by atoms with Crippen LogP contribution in [-0.2, 0) is 0 Å². The Kier molecular flexibility index (Phi) is 4.06. The van der Waals surface area contributed by atoms with Gasteiger partial charge in [0, 0.05) is 11.8 Å². The molecule has 0 atom stereocenters. The van der Waals surface area contributed by atoms with Gasteiger partial charge in [0.15, 0.2) is 0 Å². The van der Waals surface area contributed by atoms with E-state index in [1.807, 2.05) is 10.9 Å². The van der Waals surface area contributed by atoms with Crippen molar-refractivity contribution in [1.82, 2.24) is 15.1 Å². The highest BCUT2D eigenvalue weighted by Gasteiger charge is 2.32. The molecule has 118 valence electrons. The molecule has 2 aromatic rings. The fourth-order valence-corrected chi connectivity index (χ4v) is 2.65. The minimum absolute atomic E-state index is 0.231. The van der Waals surface area contributed by atoms with E-state index in [9.17, 15) is 13.2 Å². The Balaban J connectivity index is 1.87. The van der Waals surface area contributed by atoms with Crippen LogP contribution in [0.15, 0.2) is 36.5 Å². The molecule has 0 saturated carbocycles. The molecule has 1 aliphatic rings. The highest BCUT2D eigenvalue weighted by molar-refractivity contribution is 5.66. The van der Waals surface area contributed by atoms with Gasteiger partial charge in [-0.2, -0.15) is 5.10 Å². The van der Waals surface area contributed by atoms with Crippen LogP contribution in [0, 0.1) is 0 Å². The summed E-state index contributed by atoms with van der Waals surface area (Å²) in [5.74, 6) is -0.231. The number of nitrogens with zero attached hydrogens (tertiary/aromatic N) is 2. The Morgan fingerprint density at radius 3 is 2.59 bits per heavy atom. The van der Waals surface area contributed by atoms with E-state index in [0.29, 0.717) is 11.3 Å². The summed E-state index contributed by atoms with van der Waals surface area (Å²) in [7, 11) is 0. The SMILES string of the molecule is FC(F)(F)Oc1ccccc1-c1ccn(C2CCNCC2)n1. The summed E-state index contributed by atoms with van der Waals surface area (Å²) in [5.41, 5.74) is 0.825. The van der Waals surface area contributed by atoms with Gasteiger partial charge in [0.05, 0.1) is 11.7 Å². The molecule has 1 N–H and O–H groups in total. The molecule has 0 amide bonds. The fraction of sp³-hybridized carbons (Fsp3) is 0.400. The van der Waals surface area contributed by atoms with E-state index in [1.54, 1.807) is 18.2 Å². The van der Waals surface area contributed by atoms with Gasteiger partial charge in [-0.1, -0.05) is 12.1 Å². The van der Waals surface area contributed by atoms with E-state index >= 15 is 0 Å². The smallest absolute Gasteiger partial charge is 0.405 e. The van der Waals surface area contributed by atoms with Gasteiger partial charge >= 0.3 is 6.36 Å². The number of nitrogens with one attached hydrogen (secondary N) is 1. The van der Waals surface area contributed by atoms with E-state index in [4.69, 9.17) is 0 Å². The number of piperidine rings is 1. The predicted molar refractivity (Wildman–Crippen MR) is 75.5 cm³/mol. The van der Waals surface area contributed by atoms with E-state index in [0.717, 1.165) is 25.9 Å². The van der Waals surface area contributed by atoms with Crippen LogP contribution in [-0.4, -0.2) is 29.2 Å². The fourth-order valence-electron chi connectivity index (χ4n) is 2.65. The normalized spacial score (nSPS) is 16.7. The van der Waals surface area contributed by atoms with Crippen molar-refractivity contribution in [2.45, 2.75) is 25.2 Å². The molecule has 2 heterocycles. The second kappa shape index (κ2) is 6.00. The maximum atomic E-state index is 12.5. The van der Waals surface area contributed by atoms with Crippen LogP contribution in [0.25, 0.3) is 11.3 Å². The highest BCUT2D eigenvalue weighted by Crippen LogP contribution is 2.33. The average Bonchev–Trinajstić information content (AvgIpc) is 2.97. The first kappa shape index (κ1) is 14.9. The van der Waals surface area contributed by atoms with Crippen molar-refractivity contribution < 1.29 is 17.9 Å². The lowest BCUT2D eigenvalue weighted by Crippen LogP contribution is -2.29. The first-order valence-corrected chi connectivity index (χ1v) is 7.14. The van der Waals surface area contributed by atoms with Crippen molar-refractivity contribution in [1.29, 1.82) is 0 Å². The molecule has 0 bridgehead atoms. The maximum absolute atomic E-state index is 12.5. The van der Waals surface area contributed by atoms with Crippen molar-refractivity contribution in [2.75, 3.05) is 13.1 Å². The molecule has 1 aromatic carbocycles. The first-order chi connectivity index (χ1) is 10.5. The number of halogens is 3. The third kappa shape index (κ3) is 3.41. The maximum Gasteiger partial charge on any atom is 0.573 e. The number of para-hydroxylation sites is 1. The van der Waals surface area contributed by atoms with Gasteiger partial charge in [-0.15, -0.1) is 13.2 Å². The van der Waals surface area contributed by atoms with Crippen LogP contribution in [0.5, 0.6) is 5.75 Å². The van der Waals surface area contributed by atoms with Gasteiger partial charge in [-0.05, 0) is 44.1 Å². The summed E-state index contributed by atoms with van der Waals surface area (Å²) >= 11 is 0. The molecule has 1 aliphatic heterocycles. The Morgan fingerprint density at radius 2 is 1.86 bits per heavy atom. The van der Waals surface area contributed by atoms with E-state index < -0.39 is 6.36 Å². The molecule has 7 heteroatoms. The summed E-state index contributed by atoms with van der Waals surface area (Å²) in [6, 6.07) is 8.06. The zero-order valence-electron chi connectivity index (χ0n) is 11.8. The molecular formula is C15H16F3N3O. The number of hydrogen-bond donors (Lipinski definition) is 1. The van der Waals surface area contributed by atoms with Crippen LogP contribution in [0.2, 0.25) is 0 Å². The Morgan fingerprint density at radius 1 is 1.14 bits per heavy atom. The Bertz CT molecular complexity index is 633. The summed E-state index contributed by atoms with van der Waals surface area (Å²) in [5, 5.41) is 7.71. The highest BCUT2D eigenvalue weighted by atomic mass is 19.4. The summed E-state index contributed by atoms with van der Waals surface area (Å²) in [6.45, 7) is 1.85. The topological polar surface area (TPSA) is 39.1 Å². The molecule has 0 spiro atoms. The molecule has 3 rings (SSSR count). The number of benzene rings is 1. The quantitative estimate of drug-likeness (QED) is 0.944. The van der Waals surface area contributed by atoms with Gasteiger partial charge in [-0.25, -0.2) is 0 Å². The standard InChI is InChI=1S/C15H16F3N3O/c16-15(17,18)22-14-4-2-1-3-12(14)13-7-10-21(20-13)11-5-8-19-9-6-11/h1-4,7,10-11,19H,5-6,8-9H2. The van der Waals surface area contributed by atoms with Gasteiger partial charge < -0.3 is 10.1 Å². The third-order valence-corrected chi connectivity index (χ3v) is 3.68. The zero-order chi connectivity index (χ0) is 15.6. The van der Waals surface area contributed by atoms with Crippen molar-refractivity contribution >= 4 is 0 Å². The van der Waals surface area contributed by atoms with Gasteiger partial charge in [0.25, 0.3) is 0 Å². The second-order valence-electron chi connectivity index (χ2n) is 5.21. The number of hydrogen-bond acceptors (Lipinski definition) is 3. The summed E-state index contributed by atoms with van der Waals surface area (Å²) in [4.78, 5) is 0. The van der Waals surface area contributed by atoms with Crippen molar-refractivity contribution in [3.63, 3.8) is 0 Å². The lowest BCUT2D eigenvalue weighted by molar-refractivity contribution is -0.274. The van der Waals surface area contributed by atoms with Crippen molar-refractivity contribution in [2.24, 2.45) is 0 Å². The molecular weight excluding hydrogens is 295 g/mol. The second-order valence-corrected chi connectivity index (χ2v) is 5.21. The Labute approximate surface area is 125 Å². The van der Waals surface area contributed by atoms with Crippen molar-refractivity contribution in [3.05, 3.63) is 36.5 Å². The molecule has 1 aromatic heterocycles. The zero-order valence-corrected chi connectivity index (χ0v) is 11.8. The monoisotopic (exact) mass is 311 g/mol. The number of alkyl halides is 3. The van der Waals surface area contributed by atoms with E-state index in [1.165, 1.54) is 12.1 Å². The number of aromatic nitrogens is 2. The summed E-state index contributed by atoms with van der Waals surface area (Å²) < 4.78 is 43.4. The minimum Gasteiger partial charge on any atom is -0.405 e. The minimum atomic E-state index is -4.71. The van der Waals surface area contributed by atoms with E-state index in [2.05, 4.69) is 15.2 Å². The summed E-state index contributed by atoms with van der Waals surface area (Å²) in [6.07, 6.45) is -0.979. The molecule has 0 unspecified atom stereocenters. The average molecular weight is 311 g/mol. The molecule has 1 saturated heterocycles. The first-order valence-electron chi connectivity index (χ1n) is 7.14. The molecule has 1 fully saturated rings. The van der Waals surface area contributed by atoms with Crippen LogP contribution < -0.4 is 10.1 Å². The van der Waals surface area contributed by atoms with Crippen molar-refractivity contribution in [3.8, 4) is 17.0 Å². The van der Waals surface area contributed by atoms with Crippen LogP contribution in [0.3, 0.4) is 0 Å². The predicted octanol–water partition coefficient (Wildman–Crippen LogP) is 3.37. The largest absolute Gasteiger partial charge is 0.573 e. The van der Waals surface area contributed by atoms with Gasteiger partial charge in [-0.3, -0.25) is 4.68 Å². The van der Waals surface area contributed by atoms with Crippen LogP contribution >= 0.6 is 0 Å². The van der Waals surface area contributed by atoms with E-state index in [-0.39, 0.29) is 11.8 Å². The Hall–Kier alpha value is -2.02.